The van der Waals surface area contributed by atoms with E-state index in [0.717, 1.165) is 44.4 Å². The van der Waals surface area contributed by atoms with Crippen molar-refractivity contribution >= 4 is 19.8 Å². The molecule has 3 N–H and O–H groups in total. The topological polar surface area (TPSA) is 140 Å². The van der Waals surface area contributed by atoms with Crippen LogP contribution in [0.25, 0.3) is 0 Å². The zero-order chi connectivity index (χ0) is 38.5. The largest absolute Gasteiger partial charge is 0.469 e. The van der Waals surface area contributed by atoms with Crippen molar-refractivity contribution < 1.29 is 43.0 Å². The summed E-state index contributed by atoms with van der Waals surface area (Å²) in [5, 5.41) is 9.73. The molecule has 0 saturated carbocycles. The summed E-state index contributed by atoms with van der Waals surface area (Å²) < 4.78 is 26.3. The number of allylic oxidation sites excluding steroid dienone is 8. The van der Waals surface area contributed by atoms with Crippen LogP contribution in [0, 0.1) is 5.92 Å². The highest BCUT2D eigenvalue weighted by molar-refractivity contribution is 7.46. The Bertz CT molecular complexity index is 1060. The van der Waals surface area contributed by atoms with Crippen LogP contribution in [0.4, 0.5) is 0 Å². The number of hydrogen-bond acceptors (Lipinski definition) is 7. The van der Waals surface area contributed by atoms with Crippen molar-refractivity contribution in [3.8, 4) is 0 Å². The minimum atomic E-state index is -4.78. The van der Waals surface area contributed by atoms with Gasteiger partial charge >= 0.3 is 19.8 Å². The molecule has 0 saturated heterocycles. The van der Waals surface area contributed by atoms with Crippen molar-refractivity contribution in [1.82, 2.24) is 0 Å². The van der Waals surface area contributed by atoms with Crippen LogP contribution < -0.4 is 0 Å². The van der Waals surface area contributed by atoms with Gasteiger partial charge in [0.2, 0.25) is 0 Å². The summed E-state index contributed by atoms with van der Waals surface area (Å²) in [6, 6.07) is 0. The molecule has 0 aromatic carbocycles. The molecule has 0 aliphatic carbocycles. The highest BCUT2D eigenvalue weighted by Crippen LogP contribution is 2.36. The number of aliphatic hydroxyl groups is 1. The van der Waals surface area contributed by atoms with Crippen molar-refractivity contribution in [1.29, 1.82) is 0 Å². The molecule has 0 spiro atoms. The maximum Gasteiger partial charge on any atom is 0.469 e. The van der Waals surface area contributed by atoms with E-state index in [0.29, 0.717) is 25.7 Å². The first-order valence-electron chi connectivity index (χ1n) is 20.0. The number of hydrogen-bond donors (Lipinski definition) is 3. The van der Waals surface area contributed by atoms with Gasteiger partial charge in [-0.3, -0.25) is 14.1 Å². The lowest BCUT2D eigenvalue weighted by Gasteiger charge is -2.18. The van der Waals surface area contributed by atoms with Crippen LogP contribution >= 0.6 is 7.82 Å². The minimum Gasteiger partial charge on any atom is -0.462 e. The summed E-state index contributed by atoms with van der Waals surface area (Å²) >= 11 is 0. The van der Waals surface area contributed by atoms with E-state index in [-0.39, 0.29) is 19.4 Å². The second-order valence-corrected chi connectivity index (χ2v) is 15.2. The maximum absolute atomic E-state index is 12.4. The summed E-state index contributed by atoms with van der Waals surface area (Å²) in [5.41, 5.74) is 0. The first-order valence-corrected chi connectivity index (χ1v) is 21.6. The molecule has 10 heteroatoms. The molecule has 0 aliphatic rings. The van der Waals surface area contributed by atoms with E-state index in [9.17, 15) is 19.3 Å². The fourth-order valence-corrected chi connectivity index (χ4v) is 5.68. The van der Waals surface area contributed by atoms with Crippen LogP contribution in [0.15, 0.2) is 60.8 Å². The standard InChI is InChI=1S/C42H73O9P/c1-4-5-32-39(43)33-28-24-20-16-12-9-10-13-17-21-25-29-34-41(44)49-36-40(37-50-52(46,47)48)51-42(45)35-30-26-22-18-14-8-6-7-11-15-19-23-27-31-38(2)3/h5,9-10,16-17,20-21,24,28,32,38-40,43H,4,6-8,11-15,18-19,22-23,25-27,29-31,33-37H2,1-3H3,(H2,46,47,48)/b10-9-,20-16-,21-17-,28-24+,32-5-/t39?,40-/m1/s1. The van der Waals surface area contributed by atoms with Gasteiger partial charge in [-0.05, 0) is 50.9 Å². The van der Waals surface area contributed by atoms with Gasteiger partial charge in [0, 0.05) is 12.8 Å². The molecule has 0 aromatic heterocycles. The number of aliphatic hydroxyl groups excluding tert-OH is 1. The predicted molar refractivity (Wildman–Crippen MR) is 213 cm³/mol. The van der Waals surface area contributed by atoms with Crippen molar-refractivity contribution in [2.45, 2.75) is 174 Å². The Hall–Kier alpha value is -2.29. The van der Waals surface area contributed by atoms with Crippen LogP contribution in [0.2, 0.25) is 0 Å². The number of ether oxygens (including phenoxy) is 2. The fourth-order valence-electron chi connectivity index (χ4n) is 5.32. The van der Waals surface area contributed by atoms with E-state index in [4.69, 9.17) is 19.3 Å². The Labute approximate surface area is 316 Å². The lowest BCUT2D eigenvalue weighted by atomic mass is 10.0. The van der Waals surface area contributed by atoms with Gasteiger partial charge in [-0.2, -0.15) is 0 Å². The molecule has 9 nitrogen and oxygen atoms in total. The molecule has 0 amide bonds. The Morgan fingerprint density at radius 1 is 0.654 bits per heavy atom. The highest BCUT2D eigenvalue weighted by atomic mass is 31.2. The number of phosphoric acid groups is 1. The summed E-state index contributed by atoms with van der Waals surface area (Å²) in [7, 11) is -4.78. The zero-order valence-electron chi connectivity index (χ0n) is 32.7. The SMILES string of the molecule is CC/C=C\C(O)C/C=C/C=C\C/C=C\C/C=C\CCCC(=O)OC[C@H](COP(=O)(O)O)OC(=O)CCCCCCCCCCCCCCCC(C)C. The van der Waals surface area contributed by atoms with E-state index < -0.39 is 38.6 Å². The highest BCUT2D eigenvalue weighted by Gasteiger charge is 2.22. The van der Waals surface area contributed by atoms with Crippen molar-refractivity contribution in [3.05, 3.63) is 60.8 Å². The van der Waals surface area contributed by atoms with Gasteiger partial charge in [-0.1, -0.05) is 165 Å². The Balaban J connectivity index is 4.07. The molecular formula is C42H73O9P. The molecule has 0 aromatic rings. The number of esters is 2. The van der Waals surface area contributed by atoms with Crippen molar-refractivity contribution in [2.24, 2.45) is 5.92 Å². The van der Waals surface area contributed by atoms with Crippen LogP contribution in [-0.4, -0.2) is 52.3 Å². The Kier molecular flexibility index (Phi) is 34.2. The van der Waals surface area contributed by atoms with E-state index in [1.807, 2.05) is 55.5 Å². The van der Waals surface area contributed by atoms with E-state index in [1.165, 1.54) is 64.2 Å². The van der Waals surface area contributed by atoms with Gasteiger partial charge in [-0.15, -0.1) is 0 Å². The molecule has 0 heterocycles. The van der Waals surface area contributed by atoms with Crippen LogP contribution in [0.1, 0.15) is 162 Å². The average Bonchev–Trinajstić information content (AvgIpc) is 3.09. The molecule has 0 aliphatic heterocycles. The third-order valence-corrected chi connectivity index (χ3v) is 8.79. The fraction of sp³-hybridized carbons (Fsp3) is 0.714. The number of carbonyl (C=O) groups is 2. The zero-order valence-corrected chi connectivity index (χ0v) is 33.6. The number of phosphoric ester groups is 1. The van der Waals surface area contributed by atoms with Gasteiger partial charge in [0.05, 0.1) is 12.7 Å². The molecule has 0 radical (unpaired) electrons. The van der Waals surface area contributed by atoms with Gasteiger partial charge in [0.1, 0.15) is 6.61 Å². The molecule has 52 heavy (non-hydrogen) atoms. The lowest BCUT2D eigenvalue weighted by molar-refractivity contribution is -0.161. The number of unbranched alkanes of at least 4 members (excludes halogenated alkanes) is 13. The van der Waals surface area contributed by atoms with E-state index in [2.05, 4.69) is 30.5 Å². The third-order valence-electron chi connectivity index (χ3n) is 8.30. The molecule has 300 valence electrons. The number of carbonyl (C=O) groups excluding carboxylic acids is 2. The molecule has 2 atom stereocenters. The summed E-state index contributed by atoms with van der Waals surface area (Å²) in [5.74, 6) is -0.162. The van der Waals surface area contributed by atoms with Crippen LogP contribution in [0.5, 0.6) is 0 Å². The third kappa shape index (κ3) is 38.9. The predicted octanol–water partition coefficient (Wildman–Crippen LogP) is 11.0. The Morgan fingerprint density at radius 3 is 1.79 bits per heavy atom. The quantitative estimate of drug-likeness (QED) is 0.0190. The van der Waals surface area contributed by atoms with Gasteiger partial charge in [-0.25, -0.2) is 4.57 Å². The second-order valence-electron chi connectivity index (χ2n) is 13.9. The van der Waals surface area contributed by atoms with Crippen molar-refractivity contribution in [2.75, 3.05) is 13.2 Å². The van der Waals surface area contributed by atoms with E-state index in [1.54, 1.807) is 0 Å². The normalized spacial score (nSPS) is 13.8. The van der Waals surface area contributed by atoms with Gasteiger partial charge in [0.15, 0.2) is 6.10 Å². The molecular weight excluding hydrogens is 679 g/mol. The number of rotatable bonds is 35. The van der Waals surface area contributed by atoms with Crippen LogP contribution in [-0.2, 0) is 28.2 Å². The van der Waals surface area contributed by atoms with E-state index >= 15 is 0 Å². The average molecular weight is 753 g/mol. The monoisotopic (exact) mass is 752 g/mol. The lowest BCUT2D eigenvalue weighted by Crippen LogP contribution is -2.29. The van der Waals surface area contributed by atoms with Gasteiger partial charge < -0.3 is 24.4 Å². The minimum absolute atomic E-state index is 0.170. The first kappa shape index (κ1) is 49.7. The summed E-state index contributed by atoms with van der Waals surface area (Å²) in [6.45, 7) is 5.72. The first-order chi connectivity index (χ1) is 25.0. The second kappa shape index (κ2) is 35.7. The molecule has 0 fully saturated rings. The maximum atomic E-state index is 12.4. The summed E-state index contributed by atoms with van der Waals surface area (Å²) in [6.07, 6.45) is 40.1. The smallest absolute Gasteiger partial charge is 0.462 e. The molecule has 1 unspecified atom stereocenters. The molecule has 0 bridgehead atoms. The van der Waals surface area contributed by atoms with Gasteiger partial charge in [0.25, 0.3) is 0 Å². The Morgan fingerprint density at radius 2 is 1.19 bits per heavy atom. The molecule has 0 rings (SSSR count). The van der Waals surface area contributed by atoms with Crippen molar-refractivity contribution in [3.63, 3.8) is 0 Å². The summed E-state index contributed by atoms with van der Waals surface area (Å²) in [4.78, 5) is 42.8. The van der Waals surface area contributed by atoms with Crippen LogP contribution in [0.3, 0.4) is 0 Å².